The number of nitrogens with one attached hydrogen (secondary N) is 1. The Bertz CT molecular complexity index is 677. The normalized spacial score (nSPS) is 18.5. The van der Waals surface area contributed by atoms with Gasteiger partial charge in [0.2, 0.25) is 0 Å². The Kier molecular flexibility index (Phi) is 3.98. The van der Waals surface area contributed by atoms with Gasteiger partial charge in [-0.1, -0.05) is 18.2 Å². The molecule has 1 aliphatic rings. The van der Waals surface area contributed by atoms with Gasteiger partial charge in [-0.3, -0.25) is 4.79 Å². The van der Waals surface area contributed by atoms with E-state index in [1.165, 1.54) is 0 Å². The molecule has 5 heteroatoms. The van der Waals surface area contributed by atoms with Gasteiger partial charge in [-0.05, 0) is 32.9 Å². The summed E-state index contributed by atoms with van der Waals surface area (Å²) in [5.74, 6) is 0.0885. The van der Waals surface area contributed by atoms with Crippen molar-refractivity contribution in [1.82, 2.24) is 20.0 Å². The average Bonchev–Trinajstić information content (AvgIpc) is 2.82. The molecule has 2 heterocycles. The van der Waals surface area contributed by atoms with E-state index >= 15 is 0 Å². The number of amides is 1. The number of rotatable bonds is 2. The maximum absolute atomic E-state index is 12.9. The van der Waals surface area contributed by atoms with Crippen LogP contribution in [-0.2, 0) is 0 Å². The summed E-state index contributed by atoms with van der Waals surface area (Å²) in [7, 11) is 0. The Balaban J connectivity index is 1.94. The monoisotopic (exact) mass is 298 g/mol. The average molecular weight is 298 g/mol. The molecule has 1 N–H and O–H groups in total. The lowest BCUT2D eigenvalue weighted by molar-refractivity contribution is 0.0707. The largest absolute Gasteiger partial charge is 0.336 e. The van der Waals surface area contributed by atoms with E-state index < -0.39 is 0 Å². The third-order valence-electron chi connectivity index (χ3n) is 4.16. The SMILES string of the molecule is Cc1nn(-c2ccccc2)c(C)c1C(=O)N1CCNC(C)C1. The van der Waals surface area contributed by atoms with Gasteiger partial charge < -0.3 is 10.2 Å². The fourth-order valence-corrected chi connectivity index (χ4v) is 3.05. The van der Waals surface area contributed by atoms with E-state index in [2.05, 4.69) is 17.3 Å². The number of benzene rings is 1. The van der Waals surface area contributed by atoms with Crippen molar-refractivity contribution in [2.75, 3.05) is 19.6 Å². The highest BCUT2D eigenvalue weighted by atomic mass is 16.2. The van der Waals surface area contributed by atoms with Crippen molar-refractivity contribution in [3.05, 3.63) is 47.3 Å². The molecule has 1 aromatic heterocycles. The molecule has 0 aliphatic carbocycles. The van der Waals surface area contributed by atoms with Crippen molar-refractivity contribution in [3.63, 3.8) is 0 Å². The summed E-state index contributed by atoms with van der Waals surface area (Å²) in [5.41, 5.74) is 3.41. The van der Waals surface area contributed by atoms with Gasteiger partial charge in [0.1, 0.15) is 0 Å². The van der Waals surface area contributed by atoms with E-state index in [4.69, 9.17) is 0 Å². The van der Waals surface area contributed by atoms with Crippen LogP contribution in [0.4, 0.5) is 0 Å². The van der Waals surface area contributed by atoms with Crippen LogP contribution >= 0.6 is 0 Å². The van der Waals surface area contributed by atoms with E-state index in [0.717, 1.165) is 42.3 Å². The number of carbonyl (C=O) groups is 1. The van der Waals surface area contributed by atoms with Crippen LogP contribution in [0.1, 0.15) is 28.7 Å². The Morgan fingerprint density at radius 2 is 2.00 bits per heavy atom. The number of piperazine rings is 1. The summed E-state index contributed by atoms with van der Waals surface area (Å²) in [6.07, 6.45) is 0. The predicted octanol–water partition coefficient (Wildman–Crippen LogP) is 1.92. The summed E-state index contributed by atoms with van der Waals surface area (Å²) < 4.78 is 1.86. The number of aryl methyl sites for hydroxylation is 1. The highest BCUT2D eigenvalue weighted by Gasteiger charge is 2.26. The van der Waals surface area contributed by atoms with Crippen molar-refractivity contribution in [3.8, 4) is 5.69 Å². The third kappa shape index (κ3) is 2.64. The fraction of sp³-hybridized carbons (Fsp3) is 0.412. The van der Waals surface area contributed by atoms with E-state index in [1.54, 1.807) is 0 Å². The van der Waals surface area contributed by atoms with Gasteiger partial charge in [-0.25, -0.2) is 4.68 Å². The Hall–Kier alpha value is -2.14. The summed E-state index contributed by atoms with van der Waals surface area (Å²) in [5, 5.41) is 7.93. The fourth-order valence-electron chi connectivity index (χ4n) is 3.05. The van der Waals surface area contributed by atoms with Gasteiger partial charge >= 0.3 is 0 Å². The second-order valence-electron chi connectivity index (χ2n) is 5.90. The van der Waals surface area contributed by atoms with Crippen LogP contribution in [0.15, 0.2) is 30.3 Å². The molecular formula is C17H22N4O. The minimum Gasteiger partial charge on any atom is -0.336 e. The van der Waals surface area contributed by atoms with Crippen molar-refractivity contribution in [1.29, 1.82) is 0 Å². The van der Waals surface area contributed by atoms with Crippen LogP contribution in [0, 0.1) is 13.8 Å². The van der Waals surface area contributed by atoms with Crippen LogP contribution in [0.25, 0.3) is 5.69 Å². The lowest BCUT2D eigenvalue weighted by Crippen LogP contribution is -2.51. The maximum Gasteiger partial charge on any atom is 0.257 e. The molecule has 1 unspecified atom stereocenters. The first kappa shape index (κ1) is 14.8. The topological polar surface area (TPSA) is 50.2 Å². The van der Waals surface area contributed by atoms with Gasteiger partial charge in [-0.15, -0.1) is 0 Å². The van der Waals surface area contributed by atoms with Crippen LogP contribution in [-0.4, -0.2) is 46.3 Å². The highest BCUT2D eigenvalue weighted by Crippen LogP contribution is 2.20. The van der Waals surface area contributed by atoms with Crippen LogP contribution in [0.5, 0.6) is 0 Å². The van der Waals surface area contributed by atoms with E-state index in [-0.39, 0.29) is 5.91 Å². The first-order chi connectivity index (χ1) is 10.6. The molecule has 1 fully saturated rings. The number of carbonyl (C=O) groups excluding carboxylic acids is 1. The summed E-state index contributed by atoms with van der Waals surface area (Å²) in [6.45, 7) is 8.31. The molecule has 3 rings (SSSR count). The second-order valence-corrected chi connectivity index (χ2v) is 5.90. The number of hydrogen-bond donors (Lipinski definition) is 1. The molecule has 0 bridgehead atoms. The molecule has 5 nitrogen and oxygen atoms in total. The summed E-state index contributed by atoms with van der Waals surface area (Å²) in [4.78, 5) is 14.8. The molecule has 1 saturated heterocycles. The van der Waals surface area contributed by atoms with Gasteiger partial charge in [0, 0.05) is 25.7 Å². The van der Waals surface area contributed by atoms with Crippen molar-refractivity contribution in [2.45, 2.75) is 26.8 Å². The molecule has 2 aromatic rings. The molecule has 1 aromatic carbocycles. The molecule has 1 aliphatic heterocycles. The van der Waals surface area contributed by atoms with Gasteiger partial charge in [0.15, 0.2) is 0 Å². The minimum absolute atomic E-state index is 0.0885. The first-order valence-corrected chi connectivity index (χ1v) is 7.72. The molecule has 22 heavy (non-hydrogen) atoms. The molecule has 116 valence electrons. The lowest BCUT2D eigenvalue weighted by atomic mass is 10.1. The Morgan fingerprint density at radius 3 is 2.68 bits per heavy atom. The first-order valence-electron chi connectivity index (χ1n) is 7.72. The van der Waals surface area contributed by atoms with Crippen molar-refractivity contribution >= 4 is 5.91 Å². The van der Waals surface area contributed by atoms with E-state index in [0.29, 0.717) is 6.04 Å². The number of nitrogens with zero attached hydrogens (tertiary/aromatic N) is 3. The van der Waals surface area contributed by atoms with Crippen LogP contribution in [0.2, 0.25) is 0 Å². The number of aromatic nitrogens is 2. The van der Waals surface area contributed by atoms with Gasteiger partial charge in [0.05, 0.1) is 22.6 Å². The third-order valence-corrected chi connectivity index (χ3v) is 4.16. The zero-order valence-corrected chi connectivity index (χ0v) is 13.3. The van der Waals surface area contributed by atoms with Gasteiger partial charge in [-0.2, -0.15) is 5.10 Å². The Morgan fingerprint density at radius 1 is 1.27 bits per heavy atom. The highest BCUT2D eigenvalue weighted by molar-refractivity contribution is 5.96. The predicted molar refractivity (Wildman–Crippen MR) is 86.4 cm³/mol. The molecular weight excluding hydrogens is 276 g/mol. The Labute approximate surface area is 130 Å². The van der Waals surface area contributed by atoms with E-state index in [1.807, 2.05) is 53.8 Å². The standard InChI is InChI=1S/C17H22N4O/c1-12-11-20(10-9-18-12)17(22)16-13(2)19-21(14(16)3)15-7-5-4-6-8-15/h4-8,12,18H,9-11H2,1-3H3. The molecule has 1 amide bonds. The quantitative estimate of drug-likeness (QED) is 0.921. The van der Waals surface area contributed by atoms with Crippen LogP contribution in [0.3, 0.4) is 0 Å². The van der Waals surface area contributed by atoms with Crippen molar-refractivity contribution in [2.24, 2.45) is 0 Å². The summed E-state index contributed by atoms with van der Waals surface area (Å²) >= 11 is 0. The molecule has 1 atom stereocenters. The smallest absolute Gasteiger partial charge is 0.257 e. The second kappa shape index (κ2) is 5.93. The minimum atomic E-state index is 0.0885. The maximum atomic E-state index is 12.9. The van der Waals surface area contributed by atoms with Crippen molar-refractivity contribution < 1.29 is 4.79 Å². The zero-order chi connectivity index (χ0) is 15.7. The molecule has 0 spiro atoms. The number of para-hydroxylation sites is 1. The van der Waals surface area contributed by atoms with Crippen LogP contribution < -0.4 is 5.32 Å². The lowest BCUT2D eigenvalue weighted by Gasteiger charge is -2.32. The van der Waals surface area contributed by atoms with E-state index in [9.17, 15) is 4.79 Å². The zero-order valence-electron chi connectivity index (χ0n) is 13.3. The van der Waals surface area contributed by atoms with Gasteiger partial charge in [0.25, 0.3) is 5.91 Å². The summed E-state index contributed by atoms with van der Waals surface area (Å²) in [6, 6.07) is 10.3. The number of hydrogen-bond acceptors (Lipinski definition) is 3. The molecule has 0 saturated carbocycles. The molecule has 0 radical (unpaired) electrons.